The summed E-state index contributed by atoms with van der Waals surface area (Å²) in [5.41, 5.74) is 3.31. The topological polar surface area (TPSA) is 75.0 Å². The number of methoxy groups -OCH3 is 2. The van der Waals surface area contributed by atoms with E-state index in [4.69, 9.17) is 18.6 Å². The zero-order valence-corrected chi connectivity index (χ0v) is 19.4. The highest BCUT2D eigenvalue weighted by Gasteiger charge is 2.20. The molecule has 0 N–H and O–H groups in total. The molecule has 0 saturated heterocycles. The number of aryl methyl sites for hydroxylation is 2. The first kappa shape index (κ1) is 22.9. The van der Waals surface area contributed by atoms with Gasteiger partial charge >= 0.3 is 5.97 Å². The molecule has 0 bridgehead atoms. The molecule has 6 nitrogen and oxygen atoms in total. The van der Waals surface area contributed by atoms with Gasteiger partial charge in [-0.1, -0.05) is 36.4 Å². The van der Waals surface area contributed by atoms with Crippen molar-refractivity contribution in [3.63, 3.8) is 0 Å². The van der Waals surface area contributed by atoms with Gasteiger partial charge in [-0.2, -0.15) is 0 Å². The molecule has 0 atom stereocenters. The van der Waals surface area contributed by atoms with Crippen LogP contribution in [0.15, 0.2) is 76.0 Å². The Bertz CT molecular complexity index is 1450. The fraction of sp³-hybridized carbons (Fsp3) is 0.143. The molecule has 0 fully saturated rings. The van der Waals surface area contributed by atoms with Crippen molar-refractivity contribution in [3.05, 3.63) is 93.7 Å². The van der Waals surface area contributed by atoms with E-state index >= 15 is 0 Å². The summed E-state index contributed by atoms with van der Waals surface area (Å²) in [7, 11) is 3.08. The predicted octanol–water partition coefficient (Wildman–Crippen LogP) is 5.71. The molecule has 0 spiro atoms. The van der Waals surface area contributed by atoms with E-state index in [0.717, 1.165) is 11.1 Å². The molecule has 1 heterocycles. The van der Waals surface area contributed by atoms with Crippen molar-refractivity contribution in [3.8, 4) is 28.6 Å². The number of ether oxygens (including phenoxy) is 3. The number of fused-ring (bicyclic) bond motifs is 1. The van der Waals surface area contributed by atoms with Crippen LogP contribution in [0.25, 0.3) is 28.4 Å². The molecule has 0 aliphatic rings. The average Bonchev–Trinajstić information content (AvgIpc) is 2.86. The van der Waals surface area contributed by atoms with Gasteiger partial charge in [0.25, 0.3) is 0 Å². The largest absolute Gasteiger partial charge is 0.493 e. The standard InChI is InChI=1S/C28H24O6/c1-17-14-21-23(15-18(17)2)33-27(20-8-6-5-7-9-20)28(26(21)30)34-25(29)13-11-19-10-12-22(31-3)24(16-19)32-4/h5-16H,1-4H3/b13-11+. The molecule has 0 radical (unpaired) electrons. The Morgan fingerprint density at radius 2 is 1.59 bits per heavy atom. The fourth-order valence-electron chi connectivity index (χ4n) is 3.56. The normalized spacial score (nSPS) is 11.1. The second kappa shape index (κ2) is 9.67. The van der Waals surface area contributed by atoms with Crippen molar-refractivity contribution in [2.45, 2.75) is 13.8 Å². The number of carbonyl (C=O) groups is 1. The highest BCUT2D eigenvalue weighted by molar-refractivity contribution is 5.91. The van der Waals surface area contributed by atoms with Gasteiger partial charge < -0.3 is 18.6 Å². The van der Waals surface area contributed by atoms with Gasteiger partial charge in [-0.05, 0) is 60.9 Å². The van der Waals surface area contributed by atoms with E-state index in [0.29, 0.717) is 33.6 Å². The minimum atomic E-state index is -0.706. The van der Waals surface area contributed by atoms with E-state index < -0.39 is 11.4 Å². The van der Waals surface area contributed by atoms with Crippen molar-refractivity contribution >= 4 is 23.0 Å². The third kappa shape index (κ3) is 4.57. The monoisotopic (exact) mass is 456 g/mol. The van der Waals surface area contributed by atoms with Gasteiger partial charge in [0.05, 0.1) is 19.6 Å². The number of rotatable bonds is 6. The maximum absolute atomic E-state index is 13.4. The van der Waals surface area contributed by atoms with Crippen LogP contribution < -0.4 is 19.6 Å². The Kier molecular flexibility index (Phi) is 6.50. The van der Waals surface area contributed by atoms with Crippen LogP contribution in [0.4, 0.5) is 0 Å². The molecule has 1 aromatic heterocycles. The lowest BCUT2D eigenvalue weighted by molar-refractivity contribution is -0.129. The predicted molar refractivity (Wildman–Crippen MR) is 132 cm³/mol. The second-order valence-corrected chi connectivity index (χ2v) is 7.76. The Hall–Kier alpha value is -4.32. The molecule has 6 heteroatoms. The summed E-state index contributed by atoms with van der Waals surface area (Å²) in [6.45, 7) is 3.86. The van der Waals surface area contributed by atoms with Crippen LogP contribution in [0, 0.1) is 13.8 Å². The molecule has 4 aromatic rings. The smallest absolute Gasteiger partial charge is 0.336 e. The molecule has 0 amide bonds. The first-order valence-corrected chi connectivity index (χ1v) is 10.7. The van der Waals surface area contributed by atoms with Gasteiger partial charge in [0.2, 0.25) is 11.2 Å². The van der Waals surface area contributed by atoms with Crippen molar-refractivity contribution in [2.24, 2.45) is 0 Å². The second-order valence-electron chi connectivity index (χ2n) is 7.76. The van der Waals surface area contributed by atoms with Gasteiger partial charge in [0.15, 0.2) is 17.3 Å². The average molecular weight is 456 g/mol. The molecular formula is C28H24O6. The Morgan fingerprint density at radius 1 is 0.882 bits per heavy atom. The van der Waals surface area contributed by atoms with E-state index in [1.165, 1.54) is 13.2 Å². The minimum Gasteiger partial charge on any atom is -0.493 e. The van der Waals surface area contributed by atoms with Gasteiger partial charge in [0.1, 0.15) is 5.58 Å². The first-order chi connectivity index (χ1) is 16.4. The summed E-state index contributed by atoms with van der Waals surface area (Å²) < 4.78 is 22.1. The lowest BCUT2D eigenvalue weighted by Crippen LogP contribution is -2.14. The van der Waals surface area contributed by atoms with Crippen molar-refractivity contribution < 1.29 is 23.4 Å². The zero-order chi connectivity index (χ0) is 24.2. The van der Waals surface area contributed by atoms with E-state index in [1.807, 2.05) is 38.1 Å². The van der Waals surface area contributed by atoms with E-state index in [2.05, 4.69) is 0 Å². The van der Waals surface area contributed by atoms with Crippen molar-refractivity contribution in [1.29, 1.82) is 0 Å². The molecule has 0 saturated carbocycles. The number of esters is 1. The molecular weight excluding hydrogens is 432 g/mol. The van der Waals surface area contributed by atoms with Crippen LogP contribution in [-0.2, 0) is 4.79 Å². The molecule has 0 aliphatic carbocycles. The van der Waals surface area contributed by atoms with E-state index in [-0.39, 0.29) is 11.5 Å². The molecule has 34 heavy (non-hydrogen) atoms. The third-order valence-corrected chi connectivity index (χ3v) is 5.52. The summed E-state index contributed by atoms with van der Waals surface area (Å²) >= 11 is 0. The Balaban J connectivity index is 1.74. The third-order valence-electron chi connectivity index (χ3n) is 5.52. The summed E-state index contributed by atoms with van der Waals surface area (Å²) in [5.74, 6) is 0.458. The van der Waals surface area contributed by atoms with Gasteiger partial charge in [-0.15, -0.1) is 0 Å². The number of benzene rings is 3. The summed E-state index contributed by atoms with van der Waals surface area (Å²) in [4.78, 5) is 26.1. The SMILES string of the molecule is COc1ccc(/C=C/C(=O)Oc2c(-c3ccccc3)oc3cc(C)c(C)cc3c2=O)cc1OC. The molecule has 3 aromatic carbocycles. The Labute approximate surface area is 197 Å². The van der Waals surface area contributed by atoms with E-state index in [9.17, 15) is 9.59 Å². The summed E-state index contributed by atoms with van der Waals surface area (Å²) in [6.07, 6.45) is 2.82. The van der Waals surface area contributed by atoms with Crippen molar-refractivity contribution in [1.82, 2.24) is 0 Å². The maximum atomic E-state index is 13.4. The first-order valence-electron chi connectivity index (χ1n) is 10.7. The van der Waals surface area contributed by atoms with Crippen LogP contribution >= 0.6 is 0 Å². The quantitative estimate of drug-likeness (QED) is 0.273. The summed E-state index contributed by atoms with van der Waals surface area (Å²) in [6, 6.07) is 17.9. The number of hydrogen-bond acceptors (Lipinski definition) is 6. The van der Waals surface area contributed by atoms with E-state index in [1.54, 1.807) is 49.6 Å². The zero-order valence-electron chi connectivity index (χ0n) is 19.4. The fourth-order valence-corrected chi connectivity index (χ4v) is 3.56. The Morgan fingerprint density at radius 3 is 2.29 bits per heavy atom. The molecule has 4 rings (SSSR count). The summed E-state index contributed by atoms with van der Waals surface area (Å²) in [5, 5.41) is 0.356. The molecule has 0 aliphatic heterocycles. The molecule has 0 unspecified atom stereocenters. The van der Waals surface area contributed by atoms with Crippen LogP contribution in [0.3, 0.4) is 0 Å². The number of carbonyl (C=O) groups excluding carboxylic acids is 1. The minimum absolute atomic E-state index is 0.149. The number of hydrogen-bond donors (Lipinski definition) is 0. The lowest BCUT2D eigenvalue weighted by Gasteiger charge is -2.11. The van der Waals surface area contributed by atoms with Crippen LogP contribution in [0.5, 0.6) is 17.2 Å². The lowest BCUT2D eigenvalue weighted by atomic mass is 10.0. The van der Waals surface area contributed by atoms with Gasteiger partial charge in [-0.25, -0.2) is 4.79 Å². The van der Waals surface area contributed by atoms with Crippen molar-refractivity contribution in [2.75, 3.05) is 14.2 Å². The maximum Gasteiger partial charge on any atom is 0.336 e. The van der Waals surface area contributed by atoms with Crippen LogP contribution in [0.2, 0.25) is 0 Å². The van der Waals surface area contributed by atoms with Gasteiger partial charge in [0, 0.05) is 11.6 Å². The van der Waals surface area contributed by atoms with Crippen LogP contribution in [-0.4, -0.2) is 20.2 Å². The highest BCUT2D eigenvalue weighted by Crippen LogP contribution is 2.32. The van der Waals surface area contributed by atoms with Crippen LogP contribution in [0.1, 0.15) is 16.7 Å². The molecule has 172 valence electrons. The van der Waals surface area contributed by atoms with Gasteiger partial charge in [-0.3, -0.25) is 4.79 Å². The highest BCUT2D eigenvalue weighted by atomic mass is 16.5.